The van der Waals surface area contributed by atoms with Gasteiger partial charge in [0.05, 0.1) is 12.6 Å². The Bertz CT molecular complexity index is 1180. The minimum absolute atomic E-state index is 0.0469. The monoisotopic (exact) mass is 515 g/mol. The number of nitrogens with zero attached hydrogens (tertiary/aromatic N) is 3. The van der Waals surface area contributed by atoms with Gasteiger partial charge in [-0.1, -0.05) is 0 Å². The molecular formula is C27H31F2N3O3S. The van der Waals surface area contributed by atoms with Crippen LogP contribution >= 0.6 is 11.8 Å². The lowest BCUT2D eigenvalue weighted by Crippen LogP contribution is -2.42. The minimum Gasteiger partial charge on any atom is -0.497 e. The Labute approximate surface area is 214 Å². The molecule has 0 unspecified atom stereocenters. The number of thioether (sulfide) groups is 1. The van der Waals surface area contributed by atoms with Crippen LogP contribution in [0.2, 0.25) is 0 Å². The molecule has 1 aliphatic heterocycles. The lowest BCUT2D eigenvalue weighted by Gasteiger charge is -2.38. The van der Waals surface area contributed by atoms with Crippen LogP contribution in [0.4, 0.5) is 8.78 Å². The number of aromatic nitrogens is 2. The summed E-state index contributed by atoms with van der Waals surface area (Å²) in [4.78, 5) is 22.2. The van der Waals surface area contributed by atoms with E-state index in [9.17, 15) is 14.3 Å². The molecule has 9 heteroatoms. The molecule has 0 amide bonds. The Morgan fingerprint density at radius 3 is 2.89 bits per heavy atom. The van der Waals surface area contributed by atoms with E-state index < -0.39 is 12.1 Å². The number of methoxy groups -OCH3 is 1. The molecule has 3 aromatic rings. The average molecular weight is 516 g/mol. The number of rotatable bonds is 11. The van der Waals surface area contributed by atoms with Crippen molar-refractivity contribution in [3.05, 3.63) is 60.2 Å². The molecule has 3 atom stereocenters. The third-order valence-electron chi connectivity index (χ3n) is 6.89. The number of halogens is 2. The molecule has 1 saturated heterocycles. The van der Waals surface area contributed by atoms with Gasteiger partial charge in [0, 0.05) is 43.0 Å². The summed E-state index contributed by atoms with van der Waals surface area (Å²) in [5.41, 5.74) is 1.31. The fourth-order valence-corrected chi connectivity index (χ4v) is 5.89. The number of carbonyl (C=O) groups is 1. The summed E-state index contributed by atoms with van der Waals surface area (Å²) in [7, 11) is 1.58. The standard InChI is InChI=1S/C27H31F2N3O3S/c1-35-20-5-7-25-22(16-20)21(8-11-30-25)23(28)6-4-18-9-12-32(17-19(18)15-26(33)34)13-14-36-27-24(29)3-2-10-31-27/h2-3,5,7-8,10-11,16,18-19,23H,4,6,9,12-15,17H2,1H3,(H,33,34)/t18-,19+,23+/m1/s1. The maximum absolute atomic E-state index is 15.4. The second-order valence-electron chi connectivity index (χ2n) is 9.17. The number of aliphatic carboxylic acids is 1. The van der Waals surface area contributed by atoms with Crippen molar-refractivity contribution >= 4 is 28.6 Å². The van der Waals surface area contributed by atoms with Gasteiger partial charge in [-0.3, -0.25) is 9.78 Å². The fraction of sp³-hybridized carbons (Fsp3) is 0.444. The molecule has 1 aromatic carbocycles. The van der Waals surface area contributed by atoms with E-state index in [1.165, 1.54) is 17.8 Å². The van der Waals surface area contributed by atoms with Gasteiger partial charge in [0.15, 0.2) is 5.82 Å². The van der Waals surface area contributed by atoms with Gasteiger partial charge in [-0.25, -0.2) is 13.8 Å². The van der Waals surface area contributed by atoms with Crippen molar-refractivity contribution in [1.82, 2.24) is 14.9 Å². The molecule has 192 valence electrons. The fourth-order valence-electron chi connectivity index (χ4n) is 5.01. The molecule has 3 heterocycles. The lowest BCUT2D eigenvalue weighted by molar-refractivity contribution is -0.139. The summed E-state index contributed by atoms with van der Waals surface area (Å²) in [5.74, 6) is 0.256. The van der Waals surface area contributed by atoms with Crippen molar-refractivity contribution in [2.75, 3.05) is 32.5 Å². The highest BCUT2D eigenvalue weighted by Gasteiger charge is 2.31. The molecule has 1 N–H and O–H groups in total. The first-order valence-electron chi connectivity index (χ1n) is 12.2. The number of hydrogen-bond acceptors (Lipinski definition) is 6. The maximum atomic E-state index is 15.4. The number of benzene rings is 1. The van der Waals surface area contributed by atoms with Crippen molar-refractivity contribution in [3.8, 4) is 5.75 Å². The Morgan fingerprint density at radius 2 is 2.11 bits per heavy atom. The molecule has 1 fully saturated rings. The molecule has 36 heavy (non-hydrogen) atoms. The van der Waals surface area contributed by atoms with E-state index in [1.54, 1.807) is 31.6 Å². The molecule has 0 saturated carbocycles. The molecule has 0 bridgehead atoms. The van der Waals surface area contributed by atoms with E-state index in [1.807, 2.05) is 18.2 Å². The third-order valence-corrected chi connectivity index (χ3v) is 7.85. The van der Waals surface area contributed by atoms with E-state index in [0.717, 1.165) is 30.4 Å². The van der Waals surface area contributed by atoms with Crippen molar-refractivity contribution in [3.63, 3.8) is 0 Å². The minimum atomic E-state index is -1.17. The smallest absolute Gasteiger partial charge is 0.303 e. The highest BCUT2D eigenvalue weighted by Crippen LogP contribution is 2.36. The third kappa shape index (κ3) is 6.70. The normalized spacial score (nSPS) is 19.3. The van der Waals surface area contributed by atoms with E-state index in [2.05, 4.69) is 14.9 Å². The predicted octanol–water partition coefficient (Wildman–Crippen LogP) is 5.77. The van der Waals surface area contributed by atoms with Gasteiger partial charge in [0.1, 0.15) is 16.9 Å². The summed E-state index contributed by atoms with van der Waals surface area (Å²) < 4.78 is 34.6. The molecule has 6 nitrogen and oxygen atoms in total. The Hall–Kier alpha value is -2.78. The van der Waals surface area contributed by atoms with E-state index in [0.29, 0.717) is 41.5 Å². The van der Waals surface area contributed by atoms with Crippen molar-refractivity contribution in [1.29, 1.82) is 0 Å². The number of carboxylic acids is 1. The van der Waals surface area contributed by atoms with Gasteiger partial charge in [-0.05, 0) is 79.6 Å². The zero-order valence-electron chi connectivity index (χ0n) is 20.3. The maximum Gasteiger partial charge on any atom is 0.303 e. The number of fused-ring (bicyclic) bond motifs is 1. The second-order valence-corrected chi connectivity index (χ2v) is 10.3. The zero-order chi connectivity index (χ0) is 25.5. The van der Waals surface area contributed by atoms with Crippen LogP contribution < -0.4 is 4.74 Å². The van der Waals surface area contributed by atoms with Crippen LogP contribution in [-0.4, -0.2) is 58.4 Å². The zero-order valence-corrected chi connectivity index (χ0v) is 21.1. The number of hydrogen-bond donors (Lipinski definition) is 1. The average Bonchev–Trinajstić information content (AvgIpc) is 2.88. The first-order chi connectivity index (χ1) is 17.4. The SMILES string of the molecule is COc1ccc2nccc([C@@H](F)CC[C@@H]3CCN(CCSc4ncccc4F)C[C@@H]3CC(=O)O)c2c1. The number of piperidine rings is 1. The van der Waals surface area contributed by atoms with Gasteiger partial charge in [-0.15, -0.1) is 11.8 Å². The number of likely N-dealkylation sites (tertiary alicyclic amines) is 1. The van der Waals surface area contributed by atoms with Crippen LogP contribution in [-0.2, 0) is 4.79 Å². The summed E-state index contributed by atoms with van der Waals surface area (Å²) in [5, 5.41) is 10.6. The van der Waals surface area contributed by atoms with Crippen LogP contribution in [0.15, 0.2) is 53.8 Å². The summed E-state index contributed by atoms with van der Waals surface area (Å²) in [6, 6.07) is 10.1. The topological polar surface area (TPSA) is 75.5 Å². The van der Waals surface area contributed by atoms with Gasteiger partial charge >= 0.3 is 5.97 Å². The highest BCUT2D eigenvalue weighted by atomic mass is 32.2. The highest BCUT2D eigenvalue weighted by molar-refractivity contribution is 7.99. The van der Waals surface area contributed by atoms with E-state index >= 15 is 4.39 Å². The summed E-state index contributed by atoms with van der Waals surface area (Å²) in [6.07, 6.45) is 3.85. The number of pyridine rings is 2. The Morgan fingerprint density at radius 1 is 1.25 bits per heavy atom. The van der Waals surface area contributed by atoms with Crippen LogP contribution in [0, 0.1) is 17.7 Å². The van der Waals surface area contributed by atoms with Crippen molar-refractivity contribution in [2.24, 2.45) is 11.8 Å². The lowest BCUT2D eigenvalue weighted by atomic mass is 9.79. The Kier molecular flexibility index (Phi) is 9.09. The van der Waals surface area contributed by atoms with Crippen molar-refractivity contribution < 1.29 is 23.4 Å². The largest absolute Gasteiger partial charge is 0.497 e. The Balaban J connectivity index is 1.35. The summed E-state index contributed by atoms with van der Waals surface area (Å²) >= 11 is 1.36. The molecule has 4 rings (SSSR count). The second kappa shape index (κ2) is 12.5. The molecule has 2 aromatic heterocycles. The molecule has 0 aliphatic carbocycles. The van der Waals surface area contributed by atoms with Crippen LogP contribution in [0.1, 0.15) is 37.4 Å². The first-order valence-corrected chi connectivity index (χ1v) is 13.2. The predicted molar refractivity (Wildman–Crippen MR) is 137 cm³/mol. The summed E-state index contributed by atoms with van der Waals surface area (Å²) in [6.45, 7) is 2.19. The van der Waals surface area contributed by atoms with E-state index in [4.69, 9.17) is 4.74 Å². The number of alkyl halides is 1. The first kappa shape index (κ1) is 26.3. The van der Waals surface area contributed by atoms with E-state index in [-0.39, 0.29) is 24.1 Å². The van der Waals surface area contributed by atoms with Crippen LogP contribution in [0.25, 0.3) is 10.9 Å². The molecule has 1 aliphatic rings. The quantitative estimate of drug-likeness (QED) is 0.325. The molecular weight excluding hydrogens is 484 g/mol. The molecule has 0 radical (unpaired) electrons. The van der Waals surface area contributed by atoms with Crippen molar-refractivity contribution in [2.45, 2.75) is 36.9 Å². The molecule has 0 spiro atoms. The van der Waals surface area contributed by atoms with Gasteiger partial charge in [0.25, 0.3) is 0 Å². The van der Waals surface area contributed by atoms with Gasteiger partial charge < -0.3 is 14.7 Å². The van der Waals surface area contributed by atoms with Crippen LogP contribution in [0.5, 0.6) is 5.75 Å². The number of carboxylic acid groups (broad SMARTS) is 1. The number of ether oxygens (including phenoxy) is 1. The van der Waals surface area contributed by atoms with Gasteiger partial charge in [-0.2, -0.15) is 0 Å². The van der Waals surface area contributed by atoms with Crippen LogP contribution in [0.3, 0.4) is 0 Å². The van der Waals surface area contributed by atoms with Gasteiger partial charge in [0.2, 0.25) is 0 Å².